The predicted molar refractivity (Wildman–Crippen MR) is 92.2 cm³/mol. The molecule has 1 aromatic carbocycles. The number of hydrogen-bond donors (Lipinski definition) is 2. The number of halogens is 1. The summed E-state index contributed by atoms with van der Waals surface area (Å²) in [6.07, 6.45) is 0.448. The van der Waals surface area contributed by atoms with Gasteiger partial charge in [-0.2, -0.15) is 0 Å². The normalized spacial score (nSPS) is 10.0. The van der Waals surface area contributed by atoms with Crippen LogP contribution in [0.5, 0.6) is 0 Å². The fourth-order valence-corrected chi connectivity index (χ4v) is 2.01. The van der Waals surface area contributed by atoms with Crippen molar-refractivity contribution in [1.82, 2.24) is 10.2 Å². The maximum absolute atomic E-state index is 11.6. The van der Waals surface area contributed by atoms with Gasteiger partial charge in [0.2, 0.25) is 11.8 Å². The number of amides is 2. The molecule has 5 nitrogen and oxygen atoms in total. The van der Waals surface area contributed by atoms with Gasteiger partial charge in [-0.3, -0.25) is 9.59 Å². The van der Waals surface area contributed by atoms with E-state index in [9.17, 15) is 9.59 Å². The van der Waals surface area contributed by atoms with Crippen LogP contribution in [0.4, 0.5) is 5.69 Å². The van der Waals surface area contributed by atoms with Crippen molar-refractivity contribution in [2.45, 2.75) is 39.8 Å². The minimum Gasteiger partial charge on any atom is -0.336 e. The molecule has 0 saturated heterocycles. The zero-order valence-corrected chi connectivity index (χ0v) is 14.5. The Morgan fingerprint density at radius 3 is 2.23 bits per heavy atom. The van der Waals surface area contributed by atoms with Crippen molar-refractivity contribution in [3.63, 3.8) is 0 Å². The molecule has 0 aromatic heterocycles. The average Bonchev–Trinajstić information content (AvgIpc) is 2.43. The Bertz CT molecular complexity index is 475. The van der Waals surface area contributed by atoms with E-state index in [1.165, 1.54) is 0 Å². The number of rotatable bonds is 7. The van der Waals surface area contributed by atoms with Gasteiger partial charge in [0.1, 0.15) is 0 Å². The minimum absolute atomic E-state index is 0. The summed E-state index contributed by atoms with van der Waals surface area (Å²) in [5, 5.41) is 5.78. The van der Waals surface area contributed by atoms with E-state index in [1.807, 2.05) is 45.2 Å². The highest BCUT2D eigenvalue weighted by Crippen LogP contribution is 2.13. The van der Waals surface area contributed by atoms with Gasteiger partial charge >= 0.3 is 0 Å². The molecule has 0 saturated carbocycles. The van der Waals surface area contributed by atoms with E-state index in [4.69, 9.17) is 0 Å². The van der Waals surface area contributed by atoms with Gasteiger partial charge in [0.25, 0.3) is 0 Å². The molecule has 1 aromatic rings. The summed E-state index contributed by atoms with van der Waals surface area (Å²) >= 11 is 0. The highest BCUT2D eigenvalue weighted by Gasteiger charge is 2.12. The highest BCUT2D eigenvalue weighted by molar-refractivity contribution is 5.90. The van der Waals surface area contributed by atoms with Crippen LogP contribution in [-0.4, -0.2) is 36.3 Å². The number of anilines is 1. The van der Waals surface area contributed by atoms with E-state index in [1.54, 1.807) is 11.8 Å². The average molecular weight is 328 g/mol. The lowest BCUT2D eigenvalue weighted by Gasteiger charge is -2.25. The van der Waals surface area contributed by atoms with Gasteiger partial charge in [0, 0.05) is 38.2 Å². The van der Waals surface area contributed by atoms with E-state index < -0.39 is 0 Å². The third-order valence-corrected chi connectivity index (χ3v) is 3.22. The Balaban J connectivity index is 0.00000441. The van der Waals surface area contributed by atoms with E-state index >= 15 is 0 Å². The molecule has 6 heteroatoms. The maximum Gasteiger partial charge on any atom is 0.225 e. The molecule has 0 aliphatic heterocycles. The number of benzene rings is 1. The summed E-state index contributed by atoms with van der Waals surface area (Å²) in [6, 6.07) is 7.78. The Morgan fingerprint density at radius 1 is 1.18 bits per heavy atom. The lowest BCUT2D eigenvalue weighted by atomic mass is 10.1. The second-order valence-corrected chi connectivity index (χ2v) is 5.34. The third-order valence-electron chi connectivity index (χ3n) is 3.22. The lowest BCUT2D eigenvalue weighted by Crippen LogP contribution is -2.34. The van der Waals surface area contributed by atoms with Crippen molar-refractivity contribution in [3.8, 4) is 0 Å². The molecule has 0 spiro atoms. The summed E-state index contributed by atoms with van der Waals surface area (Å²) in [5.41, 5.74) is 1.82. The molecule has 1 rings (SSSR count). The van der Waals surface area contributed by atoms with E-state index in [-0.39, 0.29) is 30.3 Å². The number of nitrogens with zero attached hydrogens (tertiary/aromatic N) is 1. The van der Waals surface area contributed by atoms with Crippen molar-refractivity contribution >= 4 is 29.9 Å². The first-order valence-corrected chi connectivity index (χ1v) is 7.24. The summed E-state index contributed by atoms with van der Waals surface area (Å²) in [6.45, 7) is 6.82. The summed E-state index contributed by atoms with van der Waals surface area (Å²) in [7, 11) is 1.82. The Morgan fingerprint density at radius 2 is 1.77 bits per heavy atom. The van der Waals surface area contributed by atoms with E-state index in [0.29, 0.717) is 19.5 Å². The van der Waals surface area contributed by atoms with Crippen molar-refractivity contribution in [1.29, 1.82) is 0 Å². The Kier molecular flexibility index (Phi) is 9.45. The maximum atomic E-state index is 11.6. The SMILES string of the molecule is CNCCC(=O)Nc1ccc(CN(C(C)=O)C(C)C)cc1.Cl. The molecule has 0 heterocycles. The molecular weight excluding hydrogens is 302 g/mol. The number of carbonyl (C=O) groups excluding carboxylic acids is 2. The van der Waals surface area contributed by atoms with Gasteiger partial charge in [-0.1, -0.05) is 12.1 Å². The molecule has 0 radical (unpaired) electrons. The van der Waals surface area contributed by atoms with Crippen molar-refractivity contribution in [2.24, 2.45) is 0 Å². The van der Waals surface area contributed by atoms with Crippen LogP contribution < -0.4 is 10.6 Å². The quantitative estimate of drug-likeness (QED) is 0.808. The van der Waals surface area contributed by atoms with Crippen LogP contribution in [0, 0.1) is 0 Å². The number of hydrogen-bond acceptors (Lipinski definition) is 3. The molecule has 0 unspecified atom stereocenters. The topological polar surface area (TPSA) is 61.4 Å². The number of carbonyl (C=O) groups is 2. The molecule has 0 aliphatic carbocycles. The zero-order chi connectivity index (χ0) is 15.8. The zero-order valence-electron chi connectivity index (χ0n) is 13.7. The van der Waals surface area contributed by atoms with E-state index in [2.05, 4.69) is 10.6 Å². The fourth-order valence-electron chi connectivity index (χ4n) is 2.01. The molecule has 0 aliphatic rings. The Labute approximate surface area is 138 Å². The molecule has 22 heavy (non-hydrogen) atoms. The van der Waals surface area contributed by atoms with Gasteiger partial charge in [-0.25, -0.2) is 0 Å². The lowest BCUT2D eigenvalue weighted by molar-refractivity contribution is -0.131. The fraction of sp³-hybridized carbons (Fsp3) is 0.500. The van der Waals surface area contributed by atoms with Gasteiger partial charge in [-0.05, 0) is 38.6 Å². The molecule has 0 bridgehead atoms. The monoisotopic (exact) mass is 327 g/mol. The van der Waals surface area contributed by atoms with E-state index in [0.717, 1.165) is 11.3 Å². The second-order valence-electron chi connectivity index (χ2n) is 5.34. The molecule has 2 N–H and O–H groups in total. The minimum atomic E-state index is -0.00959. The van der Waals surface area contributed by atoms with Gasteiger partial charge in [0.15, 0.2) is 0 Å². The first kappa shape index (κ1) is 20.4. The van der Waals surface area contributed by atoms with Crippen LogP contribution in [-0.2, 0) is 16.1 Å². The first-order chi connectivity index (χ1) is 9.93. The van der Waals surface area contributed by atoms with Crippen molar-refractivity contribution in [2.75, 3.05) is 18.9 Å². The van der Waals surface area contributed by atoms with Gasteiger partial charge < -0.3 is 15.5 Å². The van der Waals surface area contributed by atoms with Crippen molar-refractivity contribution < 1.29 is 9.59 Å². The third kappa shape index (κ3) is 6.91. The van der Waals surface area contributed by atoms with Crippen LogP contribution >= 0.6 is 12.4 Å². The summed E-state index contributed by atoms with van der Waals surface area (Å²) < 4.78 is 0. The van der Waals surface area contributed by atoms with Gasteiger partial charge in [-0.15, -0.1) is 12.4 Å². The van der Waals surface area contributed by atoms with Crippen LogP contribution in [0.25, 0.3) is 0 Å². The van der Waals surface area contributed by atoms with Crippen LogP contribution in [0.15, 0.2) is 24.3 Å². The largest absolute Gasteiger partial charge is 0.336 e. The van der Waals surface area contributed by atoms with Crippen LogP contribution in [0.2, 0.25) is 0 Å². The molecule has 0 fully saturated rings. The van der Waals surface area contributed by atoms with Crippen LogP contribution in [0.3, 0.4) is 0 Å². The van der Waals surface area contributed by atoms with Crippen molar-refractivity contribution in [3.05, 3.63) is 29.8 Å². The molecule has 0 atom stereocenters. The highest BCUT2D eigenvalue weighted by atomic mass is 35.5. The predicted octanol–water partition coefficient (Wildman–Crippen LogP) is 2.41. The Hall–Kier alpha value is -1.59. The summed E-state index contributed by atoms with van der Waals surface area (Å²) in [5.74, 6) is 0.0547. The first-order valence-electron chi connectivity index (χ1n) is 7.24. The van der Waals surface area contributed by atoms with Gasteiger partial charge in [0.05, 0.1) is 0 Å². The molecular formula is C16H26ClN3O2. The summed E-state index contributed by atoms with van der Waals surface area (Å²) in [4.78, 5) is 25.0. The van der Waals surface area contributed by atoms with Crippen LogP contribution in [0.1, 0.15) is 32.8 Å². The smallest absolute Gasteiger partial charge is 0.225 e. The standard InChI is InChI=1S/C16H25N3O2.ClH/c1-12(2)19(13(3)20)11-14-5-7-15(8-6-14)18-16(21)9-10-17-4;/h5-8,12,17H,9-11H2,1-4H3,(H,18,21);1H. The number of nitrogens with one attached hydrogen (secondary N) is 2. The second kappa shape index (κ2) is 10.2. The molecule has 2 amide bonds. The molecule has 124 valence electrons.